The average Bonchev–Trinajstić information content (AvgIpc) is 3.67. The second-order valence-corrected chi connectivity index (χ2v) is 9.39. The van der Waals surface area contributed by atoms with Gasteiger partial charge in [-0.2, -0.15) is 5.10 Å². The highest BCUT2D eigenvalue weighted by Crippen LogP contribution is 2.33. The Bertz CT molecular complexity index is 1490. The molecule has 194 valence electrons. The quantitative estimate of drug-likeness (QED) is 0.327. The Kier molecular flexibility index (Phi) is 7.28. The highest BCUT2D eigenvalue weighted by molar-refractivity contribution is 6.30. The lowest BCUT2D eigenvalue weighted by atomic mass is 10.0. The molecule has 2 N–H and O–H groups in total. The van der Waals surface area contributed by atoms with E-state index in [2.05, 4.69) is 15.4 Å². The van der Waals surface area contributed by atoms with Crippen LogP contribution in [0.15, 0.2) is 82.6 Å². The third-order valence-corrected chi connectivity index (χ3v) is 6.57. The van der Waals surface area contributed by atoms with Gasteiger partial charge in [-0.15, -0.1) is 0 Å². The van der Waals surface area contributed by atoms with Crippen LogP contribution in [-0.4, -0.2) is 46.1 Å². The van der Waals surface area contributed by atoms with Gasteiger partial charge in [0.2, 0.25) is 5.91 Å². The molecular formula is C28H25ClN4O5. The maximum Gasteiger partial charge on any atom is 0.329 e. The zero-order valence-corrected chi connectivity index (χ0v) is 21.3. The minimum atomic E-state index is -0.966. The molecule has 38 heavy (non-hydrogen) atoms. The SMILES string of the molecule is CC(=O)N[C@@H](Cc1c[nH]c2ccccc12)C(=O)OCC(=O)N1N=C(c2ccc(Cl)cc2)C[C@@H]1c1ccco1. The van der Waals surface area contributed by atoms with E-state index in [1.807, 2.05) is 36.4 Å². The van der Waals surface area contributed by atoms with Gasteiger partial charge in [-0.05, 0) is 41.5 Å². The molecule has 0 spiro atoms. The number of carbonyl (C=O) groups excluding carboxylic acids is 3. The molecule has 0 fully saturated rings. The summed E-state index contributed by atoms with van der Waals surface area (Å²) in [6.07, 6.45) is 3.95. The van der Waals surface area contributed by atoms with Crippen molar-refractivity contribution >= 4 is 46.0 Å². The van der Waals surface area contributed by atoms with Gasteiger partial charge >= 0.3 is 5.97 Å². The summed E-state index contributed by atoms with van der Waals surface area (Å²) >= 11 is 6.01. The molecule has 2 aromatic heterocycles. The van der Waals surface area contributed by atoms with Crippen molar-refractivity contribution in [3.05, 3.63) is 95.0 Å². The van der Waals surface area contributed by atoms with Crippen LogP contribution in [0.3, 0.4) is 0 Å². The third-order valence-electron chi connectivity index (χ3n) is 6.31. The van der Waals surface area contributed by atoms with Gasteiger partial charge in [0, 0.05) is 41.9 Å². The molecule has 9 nitrogen and oxygen atoms in total. The molecule has 0 radical (unpaired) electrons. The molecule has 3 heterocycles. The maximum absolute atomic E-state index is 13.2. The van der Waals surface area contributed by atoms with Gasteiger partial charge in [0.05, 0.1) is 12.0 Å². The van der Waals surface area contributed by atoms with E-state index in [-0.39, 0.29) is 12.3 Å². The second kappa shape index (κ2) is 10.9. The van der Waals surface area contributed by atoms with Crippen LogP contribution in [0.2, 0.25) is 5.02 Å². The summed E-state index contributed by atoms with van der Waals surface area (Å²) in [4.78, 5) is 41.2. The summed E-state index contributed by atoms with van der Waals surface area (Å²) in [5.74, 6) is -1.05. The van der Waals surface area contributed by atoms with Crippen molar-refractivity contribution in [1.82, 2.24) is 15.3 Å². The highest BCUT2D eigenvalue weighted by Gasteiger charge is 2.35. The number of nitrogens with zero attached hydrogens (tertiary/aromatic N) is 2. The molecule has 0 saturated heterocycles. The minimum Gasteiger partial charge on any atom is -0.467 e. The van der Waals surface area contributed by atoms with Gasteiger partial charge in [-0.25, -0.2) is 9.80 Å². The predicted octanol–water partition coefficient (Wildman–Crippen LogP) is 4.38. The highest BCUT2D eigenvalue weighted by atomic mass is 35.5. The molecule has 1 aliphatic rings. The number of rotatable bonds is 8. The summed E-state index contributed by atoms with van der Waals surface area (Å²) in [5.41, 5.74) is 3.26. The van der Waals surface area contributed by atoms with Crippen molar-refractivity contribution in [2.75, 3.05) is 6.61 Å². The number of nitrogens with one attached hydrogen (secondary N) is 2. The largest absolute Gasteiger partial charge is 0.467 e. The van der Waals surface area contributed by atoms with Gasteiger partial charge < -0.3 is 19.5 Å². The lowest BCUT2D eigenvalue weighted by Crippen LogP contribution is -2.43. The molecule has 0 saturated carbocycles. The Morgan fingerprint density at radius 3 is 2.68 bits per heavy atom. The molecule has 0 aliphatic carbocycles. The van der Waals surface area contributed by atoms with E-state index in [9.17, 15) is 14.4 Å². The Morgan fingerprint density at radius 1 is 1.16 bits per heavy atom. The number of esters is 1. The first-order valence-electron chi connectivity index (χ1n) is 12.1. The zero-order chi connectivity index (χ0) is 26.6. The maximum atomic E-state index is 13.2. The first-order chi connectivity index (χ1) is 18.4. The average molecular weight is 533 g/mol. The molecule has 5 rings (SSSR count). The molecule has 1 aliphatic heterocycles. The van der Waals surface area contributed by atoms with E-state index >= 15 is 0 Å². The molecule has 2 amide bonds. The van der Waals surface area contributed by atoms with Gasteiger partial charge in [-0.1, -0.05) is 41.9 Å². The van der Waals surface area contributed by atoms with E-state index in [4.69, 9.17) is 20.8 Å². The van der Waals surface area contributed by atoms with E-state index in [1.165, 1.54) is 18.2 Å². The van der Waals surface area contributed by atoms with E-state index in [0.717, 1.165) is 22.0 Å². The summed E-state index contributed by atoms with van der Waals surface area (Å²) < 4.78 is 10.9. The minimum absolute atomic E-state index is 0.203. The fourth-order valence-corrected chi connectivity index (χ4v) is 4.64. The summed E-state index contributed by atoms with van der Waals surface area (Å²) in [6.45, 7) is 0.781. The number of H-pyrrole nitrogens is 1. The van der Waals surface area contributed by atoms with Crippen molar-refractivity contribution in [3.8, 4) is 0 Å². The topological polar surface area (TPSA) is 117 Å². The normalized spacial score (nSPS) is 15.8. The van der Waals surface area contributed by atoms with Crippen LogP contribution in [0, 0.1) is 0 Å². The Balaban J connectivity index is 1.30. The summed E-state index contributed by atoms with van der Waals surface area (Å²) in [7, 11) is 0. The van der Waals surface area contributed by atoms with Crippen LogP contribution < -0.4 is 5.32 Å². The van der Waals surface area contributed by atoms with Crippen molar-refractivity contribution in [2.45, 2.75) is 31.8 Å². The number of carbonyl (C=O) groups is 3. The van der Waals surface area contributed by atoms with Crippen molar-refractivity contribution < 1.29 is 23.5 Å². The summed E-state index contributed by atoms with van der Waals surface area (Å²) in [6, 6.07) is 16.9. The van der Waals surface area contributed by atoms with E-state index < -0.39 is 30.6 Å². The van der Waals surface area contributed by atoms with Crippen LogP contribution in [0.4, 0.5) is 0 Å². The standard InChI is InChI=1S/C28H25ClN4O5/c1-17(34)31-24(13-19-15-30-22-6-3-2-5-21(19)22)28(36)38-16-27(35)33-25(26-7-4-12-37-26)14-23(32-33)18-8-10-20(29)11-9-18/h2-12,15,24-25,30H,13-14,16H2,1H3,(H,31,34)/t24-,25+/m0/s1. The molecule has 0 unspecified atom stereocenters. The molecular weight excluding hydrogens is 508 g/mol. The number of ether oxygens (including phenoxy) is 1. The number of para-hydroxylation sites is 1. The first kappa shape index (κ1) is 25.3. The zero-order valence-electron chi connectivity index (χ0n) is 20.5. The van der Waals surface area contributed by atoms with Gasteiger partial charge in [-0.3, -0.25) is 9.59 Å². The number of hydrazone groups is 1. The molecule has 2 atom stereocenters. The molecule has 4 aromatic rings. The summed E-state index contributed by atoms with van der Waals surface area (Å²) in [5, 5.41) is 9.97. The number of halogens is 1. The van der Waals surface area contributed by atoms with Crippen LogP contribution in [0.1, 0.15) is 36.3 Å². The van der Waals surface area contributed by atoms with Crippen molar-refractivity contribution in [2.24, 2.45) is 5.10 Å². The van der Waals surface area contributed by atoms with Crippen LogP contribution in [0.25, 0.3) is 10.9 Å². The lowest BCUT2D eigenvalue weighted by molar-refractivity contribution is -0.155. The monoisotopic (exact) mass is 532 g/mol. The van der Waals surface area contributed by atoms with Crippen LogP contribution in [-0.2, 0) is 25.5 Å². The van der Waals surface area contributed by atoms with Gasteiger partial charge in [0.1, 0.15) is 17.8 Å². The number of aromatic amines is 1. The van der Waals surface area contributed by atoms with Gasteiger partial charge in [0.25, 0.3) is 5.91 Å². The van der Waals surface area contributed by atoms with Gasteiger partial charge in [0.15, 0.2) is 6.61 Å². The second-order valence-electron chi connectivity index (χ2n) is 8.95. The number of benzene rings is 2. The van der Waals surface area contributed by atoms with E-state index in [1.54, 1.807) is 30.5 Å². The smallest absolute Gasteiger partial charge is 0.329 e. The fourth-order valence-electron chi connectivity index (χ4n) is 4.52. The molecule has 0 bridgehead atoms. The number of hydrogen-bond acceptors (Lipinski definition) is 6. The van der Waals surface area contributed by atoms with Crippen LogP contribution in [0.5, 0.6) is 0 Å². The first-order valence-corrected chi connectivity index (χ1v) is 12.4. The molecule has 2 aromatic carbocycles. The number of hydrogen-bond donors (Lipinski definition) is 2. The third kappa shape index (κ3) is 5.47. The van der Waals surface area contributed by atoms with Crippen molar-refractivity contribution in [1.29, 1.82) is 0 Å². The number of fused-ring (bicyclic) bond motifs is 1. The van der Waals surface area contributed by atoms with E-state index in [0.29, 0.717) is 22.9 Å². The number of amides is 2. The fraction of sp³-hybridized carbons (Fsp3) is 0.214. The van der Waals surface area contributed by atoms with Crippen LogP contribution >= 0.6 is 11.6 Å². The number of aromatic nitrogens is 1. The van der Waals surface area contributed by atoms with Crippen molar-refractivity contribution in [3.63, 3.8) is 0 Å². The Hall–Kier alpha value is -4.37. The number of furan rings is 1. The lowest BCUT2D eigenvalue weighted by Gasteiger charge is -2.21. The Morgan fingerprint density at radius 2 is 1.95 bits per heavy atom. The predicted molar refractivity (Wildman–Crippen MR) is 141 cm³/mol. The molecule has 10 heteroatoms. The Labute approximate surface area is 223 Å².